The van der Waals surface area contributed by atoms with Crippen molar-refractivity contribution in [1.82, 2.24) is 9.97 Å². The van der Waals surface area contributed by atoms with Gasteiger partial charge in [-0.15, -0.1) is 0 Å². The van der Waals surface area contributed by atoms with Gasteiger partial charge in [-0.3, -0.25) is 0 Å². The Morgan fingerprint density at radius 1 is 1.00 bits per heavy atom. The molecule has 1 aromatic heterocycles. The number of rotatable bonds is 6. The summed E-state index contributed by atoms with van der Waals surface area (Å²) in [5.74, 6) is 0.328. The van der Waals surface area contributed by atoms with E-state index in [1.165, 1.54) is 12.1 Å². The van der Waals surface area contributed by atoms with E-state index in [-0.39, 0.29) is 18.1 Å². The van der Waals surface area contributed by atoms with Gasteiger partial charge in [0.15, 0.2) is 0 Å². The normalized spacial score (nSPS) is 10.9. The Balaban J connectivity index is 1.40. The van der Waals surface area contributed by atoms with Crippen LogP contribution in [0, 0.1) is 5.82 Å². The maximum absolute atomic E-state index is 13.1. The molecule has 0 radical (unpaired) electrons. The molecule has 4 aromatic rings. The van der Waals surface area contributed by atoms with Crippen LogP contribution in [0.3, 0.4) is 0 Å². The van der Waals surface area contributed by atoms with Gasteiger partial charge in [-0.25, -0.2) is 9.18 Å². The van der Waals surface area contributed by atoms with Crippen molar-refractivity contribution < 1.29 is 9.13 Å². The molecule has 0 fully saturated rings. The number of imidazole rings is 1. The van der Waals surface area contributed by atoms with Crippen LogP contribution in [-0.2, 0) is 13.2 Å². The Kier molecular flexibility index (Phi) is 5.04. The summed E-state index contributed by atoms with van der Waals surface area (Å²) in [6, 6.07) is 17.6. The number of aromatic amines is 2. The number of fused-ring (bicyclic) bond motifs is 1. The first kappa shape index (κ1) is 18.1. The van der Waals surface area contributed by atoms with E-state index in [0.29, 0.717) is 17.3 Å². The first-order chi connectivity index (χ1) is 13.6. The monoisotopic (exact) mass is 397 g/mol. The maximum Gasteiger partial charge on any atom is 0.323 e. The van der Waals surface area contributed by atoms with Gasteiger partial charge in [-0.1, -0.05) is 29.8 Å². The van der Waals surface area contributed by atoms with E-state index in [0.717, 1.165) is 27.8 Å². The number of halogens is 2. The van der Waals surface area contributed by atoms with Crippen LogP contribution in [0.1, 0.15) is 11.1 Å². The summed E-state index contributed by atoms with van der Waals surface area (Å²) < 4.78 is 18.9. The highest BCUT2D eigenvalue weighted by molar-refractivity contribution is 6.31. The number of ether oxygens (including phenoxy) is 1. The number of hydrogen-bond acceptors (Lipinski definition) is 3. The van der Waals surface area contributed by atoms with Crippen LogP contribution in [0.4, 0.5) is 10.1 Å². The molecule has 28 heavy (non-hydrogen) atoms. The summed E-state index contributed by atoms with van der Waals surface area (Å²) in [6.07, 6.45) is 0. The van der Waals surface area contributed by atoms with E-state index in [4.69, 9.17) is 16.3 Å². The van der Waals surface area contributed by atoms with Gasteiger partial charge in [0.05, 0.1) is 16.1 Å². The van der Waals surface area contributed by atoms with E-state index in [9.17, 15) is 9.18 Å². The molecule has 0 atom stereocenters. The third kappa shape index (κ3) is 4.18. The number of benzene rings is 3. The zero-order valence-electron chi connectivity index (χ0n) is 14.8. The molecule has 0 aliphatic rings. The van der Waals surface area contributed by atoms with Crippen LogP contribution in [-0.4, -0.2) is 9.97 Å². The van der Waals surface area contributed by atoms with Gasteiger partial charge >= 0.3 is 5.69 Å². The maximum atomic E-state index is 13.1. The number of anilines is 1. The fraction of sp³-hybridized carbons (Fsp3) is 0.0952. The van der Waals surface area contributed by atoms with Gasteiger partial charge in [0.1, 0.15) is 18.2 Å². The second kappa shape index (κ2) is 7.78. The zero-order valence-corrected chi connectivity index (χ0v) is 15.5. The molecule has 3 aromatic carbocycles. The minimum Gasteiger partial charge on any atom is -0.489 e. The smallest absolute Gasteiger partial charge is 0.323 e. The summed E-state index contributed by atoms with van der Waals surface area (Å²) in [4.78, 5) is 16.8. The average Bonchev–Trinajstić information content (AvgIpc) is 3.05. The van der Waals surface area contributed by atoms with Gasteiger partial charge in [0, 0.05) is 17.8 Å². The fourth-order valence-electron chi connectivity index (χ4n) is 2.89. The van der Waals surface area contributed by atoms with Gasteiger partial charge in [-0.05, 0) is 48.0 Å². The molecule has 4 rings (SSSR count). The van der Waals surface area contributed by atoms with Gasteiger partial charge in [0.2, 0.25) is 0 Å². The standard InChI is InChI=1S/C21H17ClFN3O2/c22-18-9-15(23)5-4-14(18)12-28-17-3-1-2-13(8-17)11-24-16-6-7-19-20(10-16)26-21(27)25-19/h1-10,24H,11-12H2,(H2,25,26,27). The minimum absolute atomic E-state index is 0.224. The number of hydrogen-bond donors (Lipinski definition) is 3. The lowest BCUT2D eigenvalue weighted by atomic mass is 10.2. The highest BCUT2D eigenvalue weighted by Gasteiger charge is 2.05. The first-order valence-electron chi connectivity index (χ1n) is 8.68. The van der Waals surface area contributed by atoms with E-state index < -0.39 is 0 Å². The Bertz CT molecular complexity index is 1190. The Morgan fingerprint density at radius 3 is 2.71 bits per heavy atom. The molecule has 0 amide bonds. The zero-order chi connectivity index (χ0) is 19.5. The summed E-state index contributed by atoms with van der Waals surface area (Å²) in [7, 11) is 0. The molecule has 0 aliphatic heterocycles. The van der Waals surface area contributed by atoms with Crippen LogP contribution in [0.2, 0.25) is 5.02 Å². The van der Waals surface area contributed by atoms with Crippen molar-refractivity contribution in [2.24, 2.45) is 0 Å². The third-order valence-electron chi connectivity index (χ3n) is 4.32. The Labute approximate surface area is 165 Å². The summed E-state index contributed by atoms with van der Waals surface area (Å²) in [6.45, 7) is 0.849. The van der Waals surface area contributed by atoms with Crippen molar-refractivity contribution in [3.05, 3.63) is 93.1 Å². The molecule has 0 spiro atoms. The molecular weight excluding hydrogens is 381 g/mol. The van der Waals surface area contributed by atoms with Crippen LogP contribution in [0.15, 0.2) is 65.5 Å². The highest BCUT2D eigenvalue weighted by Crippen LogP contribution is 2.21. The van der Waals surface area contributed by atoms with Crippen LogP contribution < -0.4 is 15.7 Å². The molecule has 0 aliphatic carbocycles. The summed E-state index contributed by atoms with van der Waals surface area (Å²) >= 11 is 6.03. The second-order valence-electron chi connectivity index (χ2n) is 6.36. The van der Waals surface area contributed by atoms with Crippen molar-refractivity contribution in [3.8, 4) is 5.75 Å². The van der Waals surface area contributed by atoms with Gasteiger partial charge in [-0.2, -0.15) is 0 Å². The molecule has 0 unspecified atom stereocenters. The highest BCUT2D eigenvalue weighted by atomic mass is 35.5. The van der Waals surface area contributed by atoms with Crippen LogP contribution >= 0.6 is 11.6 Å². The largest absolute Gasteiger partial charge is 0.489 e. The molecule has 3 N–H and O–H groups in total. The Morgan fingerprint density at radius 2 is 1.86 bits per heavy atom. The molecule has 142 valence electrons. The molecule has 1 heterocycles. The van der Waals surface area contributed by atoms with Gasteiger partial charge in [0.25, 0.3) is 0 Å². The molecule has 0 saturated carbocycles. The topological polar surface area (TPSA) is 69.9 Å². The van der Waals surface area contributed by atoms with Crippen LogP contribution in [0.25, 0.3) is 11.0 Å². The molecule has 7 heteroatoms. The average molecular weight is 398 g/mol. The SMILES string of the molecule is O=c1[nH]c2ccc(NCc3cccc(OCc4ccc(F)cc4Cl)c3)cc2[nH]1. The van der Waals surface area contributed by atoms with E-state index >= 15 is 0 Å². The predicted molar refractivity (Wildman–Crippen MR) is 108 cm³/mol. The minimum atomic E-state index is -0.372. The van der Waals surface area contributed by atoms with E-state index in [2.05, 4.69) is 15.3 Å². The van der Waals surface area contributed by atoms with Crippen molar-refractivity contribution in [1.29, 1.82) is 0 Å². The van der Waals surface area contributed by atoms with E-state index in [1.54, 1.807) is 6.07 Å². The van der Waals surface area contributed by atoms with Gasteiger partial charge < -0.3 is 20.0 Å². The third-order valence-corrected chi connectivity index (χ3v) is 4.67. The molecule has 0 bridgehead atoms. The lowest BCUT2D eigenvalue weighted by molar-refractivity contribution is 0.306. The summed E-state index contributed by atoms with van der Waals surface area (Å²) in [5, 5.41) is 3.67. The van der Waals surface area contributed by atoms with Crippen molar-refractivity contribution in [2.45, 2.75) is 13.2 Å². The van der Waals surface area contributed by atoms with E-state index in [1.807, 2.05) is 42.5 Å². The van der Waals surface area contributed by atoms with Crippen molar-refractivity contribution in [2.75, 3.05) is 5.32 Å². The lowest BCUT2D eigenvalue weighted by Gasteiger charge is -2.11. The summed E-state index contributed by atoms with van der Waals surface area (Å²) in [5.41, 5.74) is 3.95. The van der Waals surface area contributed by atoms with Crippen molar-refractivity contribution in [3.63, 3.8) is 0 Å². The predicted octanol–water partition coefficient (Wildman–Crippen LogP) is 4.84. The molecule has 0 saturated heterocycles. The number of H-pyrrole nitrogens is 2. The Hall–Kier alpha value is -3.25. The van der Waals surface area contributed by atoms with Crippen LogP contribution in [0.5, 0.6) is 5.75 Å². The molecular formula is C21H17ClFN3O2. The lowest BCUT2D eigenvalue weighted by Crippen LogP contribution is -2.01. The quantitative estimate of drug-likeness (QED) is 0.436. The second-order valence-corrected chi connectivity index (χ2v) is 6.77. The number of nitrogens with one attached hydrogen (secondary N) is 3. The first-order valence-corrected chi connectivity index (χ1v) is 9.06. The number of aromatic nitrogens is 2. The van der Waals surface area contributed by atoms with Crippen molar-refractivity contribution >= 4 is 28.3 Å². The molecule has 5 nitrogen and oxygen atoms in total. The fourth-order valence-corrected chi connectivity index (χ4v) is 3.11.